The molecule has 7 heteroatoms. The molecule has 1 amide bonds. The van der Waals surface area contributed by atoms with Gasteiger partial charge in [0, 0.05) is 32.1 Å². The lowest BCUT2D eigenvalue weighted by molar-refractivity contribution is -0.135. The molecule has 7 nitrogen and oxygen atoms in total. The van der Waals surface area contributed by atoms with Crippen LogP contribution in [0.15, 0.2) is 29.1 Å². The maximum Gasteiger partial charge on any atom is 0.345 e. The van der Waals surface area contributed by atoms with Crippen LogP contribution in [0, 0.1) is 0 Å². The Morgan fingerprint density at radius 3 is 2.52 bits per heavy atom. The van der Waals surface area contributed by atoms with Crippen molar-refractivity contribution in [3.05, 3.63) is 46.1 Å². The predicted molar refractivity (Wildman–Crippen MR) is 110 cm³/mol. The van der Waals surface area contributed by atoms with Crippen LogP contribution < -0.4 is 10.4 Å². The first-order valence-corrected chi connectivity index (χ1v) is 10.5. The molecule has 1 aromatic carbocycles. The van der Waals surface area contributed by atoms with Gasteiger partial charge in [0.15, 0.2) is 0 Å². The van der Waals surface area contributed by atoms with Crippen LogP contribution in [0.3, 0.4) is 0 Å². The second kappa shape index (κ2) is 7.35. The Morgan fingerprint density at radius 1 is 1.24 bits per heavy atom. The number of aromatic nitrogens is 3. The highest BCUT2D eigenvalue weighted by molar-refractivity contribution is 5.91. The summed E-state index contributed by atoms with van der Waals surface area (Å²) >= 11 is 0. The van der Waals surface area contributed by atoms with Crippen LogP contribution in [0.5, 0.6) is 5.75 Å². The minimum atomic E-state index is -0.393. The minimum absolute atomic E-state index is 0.0475. The molecule has 29 heavy (non-hydrogen) atoms. The van der Waals surface area contributed by atoms with E-state index in [9.17, 15) is 9.59 Å². The first-order valence-electron chi connectivity index (χ1n) is 10.5. The largest absolute Gasteiger partial charge is 0.497 e. The van der Waals surface area contributed by atoms with E-state index in [1.165, 1.54) is 4.68 Å². The summed E-state index contributed by atoms with van der Waals surface area (Å²) in [5.74, 6) is 1.91. The molecule has 0 spiro atoms. The molecule has 156 valence electrons. The average molecular weight is 399 g/mol. The molecule has 1 aromatic heterocycles. The zero-order valence-corrected chi connectivity index (χ0v) is 17.7. The summed E-state index contributed by atoms with van der Waals surface area (Å²) in [6.45, 7) is 5.40. The number of benzene rings is 1. The Morgan fingerprint density at radius 2 is 1.93 bits per heavy atom. The molecule has 2 heterocycles. The zero-order valence-electron chi connectivity index (χ0n) is 17.7. The fraction of sp³-hybridized carbons (Fsp3) is 0.591. The molecule has 1 aliphatic heterocycles. The fourth-order valence-corrected chi connectivity index (χ4v) is 4.60. The molecule has 2 aliphatic rings. The third-order valence-electron chi connectivity index (χ3n) is 6.37. The number of amides is 1. The molecule has 2 aromatic rings. The Kier molecular flexibility index (Phi) is 5.00. The van der Waals surface area contributed by atoms with Gasteiger partial charge in [-0.3, -0.25) is 9.36 Å². The van der Waals surface area contributed by atoms with Crippen molar-refractivity contribution in [2.75, 3.05) is 20.2 Å². The first kappa shape index (κ1) is 19.7. The lowest BCUT2D eigenvalue weighted by Crippen LogP contribution is -2.45. The highest BCUT2D eigenvalue weighted by atomic mass is 16.5. The number of carbonyl (C=O) groups excluding carboxylic acids is 1. The second-order valence-corrected chi connectivity index (χ2v) is 8.63. The highest BCUT2D eigenvalue weighted by Gasteiger charge is 2.53. The number of aryl methyl sites for hydroxylation is 1. The van der Waals surface area contributed by atoms with E-state index >= 15 is 0 Å². The second-order valence-electron chi connectivity index (χ2n) is 8.63. The van der Waals surface area contributed by atoms with E-state index in [0.717, 1.165) is 49.4 Å². The van der Waals surface area contributed by atoms with Gasteiger partial charge in [0.1, 0.15) is 11.6 Å². The van der Waals surface area contributed by atoms with Crippen LogP contribution in [0.1, 0.15) is 62.9 Å². The summed E-state index contributed by atoms with van der Waals surface area (Å²) in [5, 5.41) is 4.52. The van der Waals surface area contributed by atoms with Gasteiger partial charge in [-0.05, 0) is 57.2 Å². The van der Waals surface area contributed by atoms with Gasteiger partial charge in [-0.25, -0.2) is 9.48 Å². The zero-order chi connectivity index (χ0) is 20.8. The molecule has 0 N–H and O–H groups in total. The van der Waals surface area contributed by atoms with Crippen molar-refractivity contribution in [1.29, 1.82) is 0 Å². The molecule has 0 bridgehead atoms. The van der Waals surface area contributed by atoms with Gasteiger partial charge in [-0.2, -0.15) is 5.10 Å². The van der Waals surface area contributed by atoms with Crippen molar-refractivity contribution in [3.63, 3.8) is 0 Å². The molecule has 2 fully saturated rings. The van der Waals surface area contributed by atoms with Crippen molar-refractivity contribution in [1.82, 2.24) is 19.2 Å². The van der Waals surface area contributed by atoms with Crippen molar-refractivity contribution < 1.29 is 9.53 Å². The highest BCUT2D eigenvalue weighted by Crippen LogP contribution is 2.50. The maximum absolute atomic E-state index is 13.5. The third kappa shape index (κ3) is 3.36. The molecule has 0 radical (unpaired) electrons. The summed E-state index contributed by atoms with van der Waals surface area (Å²) in [6, 6.07) is 7.93. The monoisotopic (exact) mass is 398 g/mol. The van der Waals surface area contributed by atoms with Crippen LogP contribution in [0.2, 0.25) is 0 Å². The molecule has 1 atom stereocenters. The SMILES string of the molecule is COc1ccc(C2(C(=O)N3CCCC(c4nn(C)c(=O)n4C(C)C)C3)CC2)cc1. The Labute approximate surface area is 171 Å². The molecule has 1 saturated carbocycles. The predicted octanol–water partition coefficient (Wildman–Crippen LogP) is 2.61. The number of piperidine rings is 1. The number of hydrogen-bond acceptors (Lipinski definition) is 4. The number of nitrogens with zero attached hydrogens (tertiary/aromatic N) is 4. The van der Waals surface area contributed by atoms with E-state index in [-0.39, 0.29) is 23.6 Å². The molecular formula is C22H30N4O3. The lowest BCUT2D eigenvalue weighted by atomic mass is 9.91. The average Bonchev–Trinajstić information content (AvgIpc) is 3.48. The lowest BCUT2D eigenvalue weighted by Gasteiger charge is -2.35. The number of hydrogen-bond donors (Lipinski definition) is 0. The van der Waals surface area contributed by atoms with Gasteiger partial charge < -0.3 is 9.64 Å². The quantitative estimate of drug-likeness (QED) is 0.776. The normalized spacial score (nSPS) is 20.7. The van der Waals surface area contributed by atoms with Crippen LogP contribution in [0.4, 0.5) is 0 Å². The molecular weight excluding hydrogens is 368 g/mol. The molecule has 1 aliphatic carbocycles. The number of methoxy groups -OCH3 is 1. The van der Waals surface area contributed by atoms with Crippen LogP contribution >= 0.6 is 0 Å². The Balaban J connectivity index is 1.57. The number of likely N-dealkylation sites (tertiary alicyclic amines) is 1. The van der Waals surface area contributed by atoms with Gasteiger partial charge >= 0.3 is 5.69 Å². The first-order chi connectivity index (χ1) is 13.9. The van der Waals surface area contributed by atoms with Crippen molar-refractivity contribution in [2.45, 2.75) is 56.9 Å². The van der Waals surface area contributed by atoms with Gasteiger partial charge in [-0.15, -0.1) is 0 Å². The smallest absolute Gasteiger partial charge is 0.345 e. The Hall–Kier alpha value is -2.57. The van der Waals surface area contributed by atoms with E-state index < -0.39 is 5.41 Å². The van der Waals surface area contributed by atoms with E-state index in [1.807, 2.05) is 43.0 Å². The van der Waals surface area contributed by atoms with E-state index in [0.29, 0.717) is 6.54 Å². The minimum Gasteiger partial charge on any atom is -0.497 e. The maximum atomic E-state index is 13.5. The van der Waals surface area contributed by atoms with Crippen molar-refractivity contribution in [2.24, 2.45) is 7.05 Å². The van der Waals surface area contributed by atoms with E-state index in [2.05, 4.69) is 5.10 Å². The number of carbonyl (C=O) groups is 1. The summed E-state index contributed by atoms with van der Waals surface area (Å²) < 4.78 is 8.44. The summed E-state index contributed by atoms with van der Waals surface area (Å²) in [5.41, 5.74) is 0.591. The van der Waals surface area contributed by atoms with Crippen molar-refractivity contribution in [3.8, 4) is 5.75 Å². The topological polar surface area (TPSA) is 69.4 Å². The molecule has 1 unspecified atom stereocenters. The van der Waals surface area contributed by atoms with Crippen LogP contribution in [0.25, 0.3) is 0 Å². The van der Waals surface area contributed by atoms with Crippen LogP contribution in [-0.2, 0) is 17.3 Å². The molecule has 4 rings (SSSR count). The van der Waals surface area contributed by atoms with Gasteiger partial charge in [0.05, 0.1) is 12.5 Å². The van der Waals surface area contributed by atoms with Crippen LogP contribution in [-0.4, -0.2) is 45.4 Å². The molecule has 1 saturated heterocycles. The number of ether oxygens (including phenoxy) is 1. The van der Waals surface area contributed by atoms with Gasteiger partial charge in [-0.1, -0.05) is 12.1 Å². The number of rotatable bonds is 5. The van der Waals surface area contributed by atoms with Gasteiger partial charge in [0.25, 0.3) is 0 Å². The summed E-state index contributed by atoms with van der Waals surface area (Å²) in [7, 11) is 3.34. The summed E-state index contributed by atoms with van der Waals surface area (Å²) in [6.07, 6.45) is 3.65. The standard InChI is InChI=1S/C22H30N4O3/c1-15(2)26-19(23-24(3)21(26)28)16-6-5-13-25(14-16)20(27)22(11-12-22)17-7-9-18(29-4)10-8-17/h7-10,15-16H,5-6,11-14H2,1-4H3. The van der Waals surface area contributed by atoms with E-state index in [1.54, 1.807) is 18.7 Å². The third-order valence-corrected chi connectivity index (χ3v) is 6.37. The van der Waals surface area contributed by atoms with Crippen molar-refractivity contribution >= 4 is 5.91 Å². The van der Waals surface area contributed by atoms with Gasteiger partial charge in [0.2, 0.25) is 5.91 Å². The Bertz CT molecular complexity index is 953. The summed E-state index contributed by atoms with van der Waals surface area (Å²) in [4.78, 5) is 28.0. The van der Waals surface area contributed by atoms with E-state index in [4.69, 9.17) is 4.74 Å². The fourth-order valence-electron chi connectivity index (χ4n) is 4.60.